The van der Waals surface area contributed by atoms with Crippen LogP contribution in [-0.2, 0) is 19.1 Å². The normalized spacial score (nSPS) is 16.1. The van der Waals surface area contributed by atoms with Crippen molar-refractivity contribution in [2.75, 3.05) is 26.8 Å². The number of carbonyl (C=O) groups excluding carboxylic acids is 2. The van der Waals surface area contributed by atoms with E-state index in [2.05, 4.69) is 22.8 Å². The van der Waals surface area contributed by atoms with E-state index >= 15 is 0 Å². The summed E-state index contributed by atoms with van der Waals surface area (Å²) in [4.78, 5) is 35.9. The third kappa shape index (κ3) is 5.56. The van der Waals surface area contributed by atoms with Gasteiger partial charge < -0.3 is 25.2 Å². The number of nitrogens with one attached hydrogen (secondary N) is 2. The zero-order valence-electron chi connectivity index (χ0n) is 19.2. The van der Waals surface area contributed by atoms with Gasteiger partial charge in [-0.3, -0.25) is 9.59 Å². The van der Waals surface area contributed by atoms with Crippen LogP contribution in [-0.4, -0.2) is 56.0 Å². The first-order valence-electron chi connectivity index (χ1n) is 11.6. The van der Waals surface area contributed by atoms with Crippen LogP contribution in [0.2, 0.25) is 0 Å². The highest BCUT2D eigenvalue weighted by Gasteiger charge is 2.33. The molecule has 2 amide bonds. The van der Waals surface area contributed by atoms with Crippen LogP contribution in [0.15, 0.2) is 48.5 Å². The van der Waals surface area contributed by atoms with Crippen LogP contribution in [0.5, 0.6) is 0 Å². The molecule has 2 aromatic rings. The molecule has 0 heterocycles. The Labute approximate surface area is 198 Å². The number of alkyl carbamates (subject to hydrolysis) is 1. The molecule has 1 fully saturated rings. The number of rotatable bonds is 11. The van der Waals surface area contributed by atoms with Crippen molar-refractivity contribution in [2.45, 2.75) is 31.3 Å². The van der Waals surface area contributed by atoms with Crippen LogP contribution in [0.25, 0.3) is 11.1 Å². The molecule has 2 aromatic carbocycles. The first kappa shape index (κ1) is 23.8. The minimum Gasteiger partial charge on any atom is -0.481 e. The van der Waals surface area contributed by atoms with Crippen LogP contribution in [0.3, 0.4) is 0 Å². The van der Waals surface area contributed by atoms with Crippen LogP contribution in [0, 0.1) is 11.8 Å². The lowest BCUT2D eigenvalue weighted by Crippen LogP contribution is -2.45. The zero-order chi connectivity index (χ0) is 24.1. The summed E-state index contributed by atoms with van der Waals surface area (Å²) in [6, 6.07) is 16.2. The summed E-state index contributed by atoms with van der Waals surface area (Å²) in [5.74, 6) is -1.05. The summed E-state index contributed by atoms with van der Waals surface area (Å²) in [5, 5.41) is 14.4. The van der Waals surface area contributed by atoms with Gasteiger partial charge in [0.25, 0.3) is 5.91 Å². The highest BCUT2D eigenvalue weighted by atomic mass is 16.5. The first-order valence-corrected chi connectivity index (χ1v) is 11.6. The van der Waals surface area contributed by atoms with E-state index in [-0.39, 0.29) is 38.0 Å². The summed E-state index contributed by atoms with van der Waals surface area (Å²) < 4.78 is 10.7. The SMILES string of the molecule is COC(CNC(=O)OCC1c2ccccc2-c2ccccc21)C(=O)NCC(CC(=O)O)C1CC1. The van der Waals surface area contributed by atoms with Crippen molar-refractivity contribution < 1.29 is 29.0 Å². The van der Waals surface area contributed by atoms with Crippen molar-refractivity contribution in [1.82, 2.24) is 10.6 Å². The standard InChI is InChI=1S/C26H30N2O6/c1-33-23(25(31)27-13-17(12-24(29)30)16-10-11-16)14-28-26(32)34-15-22-20-8-4-2-6-18(20)19-7-3-5-9-21(19)22/h2-9,16-17,22-23H,10-15H2,1H3,(H,27,31)(H,28,32)(H,29,30). The molecule has 34 heavy (non-hydrogen) atoms. The molecule has 3 N–H and O–H groups in total. The second-order valence-corrected chi connectivity index (χ2v) is 8.87. The number of fused-ring (bicyclic) bond motifs is 3. The number of hydrogen-bond donors (Lipinski definition) is 3. The molecule has 8 heteroatoms. The van der Waals surface area contributed by atoms with E-state index in [1.54, 1.807) is 0 Å². The fourth-order valence-corrected chi connectivity index (χ4v) is 4.65. The number of carboxylic acids is 1. The van der Waals surface area contributed by atoms with Crippen molar-refractivity contribution in [2.24, 2.45) is 11.8 Å². The summed E-state index contributed by atoms with van der Waals surface area (Å²) in [5.41, 5.74) is 4.54. The van der Waals surface area contributed by atoms with Crippen molar-refractivity contribution in [3.05, 3.63) is 59.7 Å². The van der Waals surface area contributed by atoms with E-state index < -0.39 is 24.1 Å². The first-order chi connectivity index (χ1) is 16.5. The summed E-state index contributed by atoms with van der Waals surface area (Å²) in [6.07, 6.45) is 0.486. The molecule has 2 aliphatic rings. The summed E-state index contributed by atoms with van der Waals surface area (Å²) in [7, 11) is 1.39. The second kappa shape index (κ2) is 10.7. The molecule has 0 bridgehead atoms. The van der Waals surface area contributed by atoms with Gasteiger partial charge in [-0.15, -0.1) is 0 Å². The molecule has 0 aromatic heterocycles. The van der Waals surface area contributed by atoms with E-state index in [1.807, 2.05) is 36.4 Å². The van der Waals surface area contributed by atoms with Gasteiger partial charge in [0.2, 0.25) is 0 Å². The predicted octanol–water partition coefficient (Wildman–Crippen LogP) is 3.16. The van der Waals surface area contributed by atoms with Gasteiger partial charge in [0.1, 0.15) is 6.61 Å². The van der Waals surface area contributed by atoms with Crippen molar-refractivity contribution in [1.29, 1.82) is 0 Å². The van der Waals surface area contributed by atoms with E-state index in [0.29, 0.717) is 5.92 Å². The molecule has 180 valence electrons. The Morgan fingerprint density at radius 3 is 2.15 bits per heavy atom. The highest BCUT2D eigenvalue weighted by Crippen LogP contribution is 2.44. The Balaban J connectivity index is 1.26. The highest BCUT2D eigenvalue weighted by molar-refractivity contribution is 5.82. The third-order valence-corrected chi connectivity index (χ3v) is 6.62. The summed E-state index contributed by atoms with van der Waals surface area (Å²) >= 11 is 0. The molecule has 2 atom stereocenters. The lowest BCUT2D eigenvalue weighted by Gasteiger charge is -2.19. The van der Waals surface area contributed by atoms with Gasteiger partial charge in [0.05, 0.1) is 13.0 Å². The van der Waals surface area contributed by atoms with Crippen LogP contribution in [0.1, 0.15) is 36.3 Å². The lowest BCUT2D eigenvalue weighted by atomic mass is 9.98. The Kier molecular flexibility index (Phi) is 7.47. The molecular weight excluding hydrogens is 436 g/mol. The smallest absolute Gasteiger partial charge is 0.407 e. The van der Waals surface area contributed by atoms with Crippen LogP contribution < -0.4 is 10.6 Å². The molecule has 1 saturated carbocycles. The Morgan fingerprint density at radius 1 is 0.971 bits per heavy atom. The topological polar surface area (TPSA) is 114 Å². The van der Waals surface area contributed by atoms with Gasteiger partial charge in [0.15, 0.2) is 6.10 Å². The molecule has 8 nitrogen and oxygen atoms in total. The minimum atomic E-state index is -0.898. The van der Waals surface area contributed by atoms with Crippen molar-refractivity contribution >= 4 is 18.0 Å². The number of amides is 2. The Hall–Kier alpha value is -3.39. The number of aliphatic carboxylic acids is 1. The molecule has 0 aliphatic heterocycles. The third-order valence-electron chi connectivity index (χ3n) is 6.62. The van der Waals surface area contributed by atoms with Gasteiger partial charge in [-0.05, 0) is 46.9 Å². The monoisotopic (exact) mass is 466 g/mol. The number of carbonyl (C=O) groups is 3. The lowest BCUT2D eigenvalue weighted by molar-refractivity contribution is -0.139. The van der Waals surface area contributed by atoms with Gasteiger partial charge in [-0.2, -0.15) is 0 Å². The molecule has 4 rings (SSSR count). The maximum atomic E-state index is 12.5. The fourth-order valence-electron chi connectivity index (χ4n) is 4.65. The number of benzene rings is 2. The summed E-state index contributed by atoms with van der Waals surface area (Å²) in [6.45, 7) is 0.411. The average Bonchev–Trinajstić information content (AvgIpc) is 3.63. The van der Waals surface area contributed by atoms with E-state index in [0.717, 1.165) is 35.1 Å². The number of ether oxygens (including phenoxy) is 2. The van der Waals surface area contributed by atoms with Crippen molar-refractivity contribution in [3.8, 4) is 11.1 Å². The quantitative estimate of drug-likeness (QED) is 0.469. The van der Waals surface area contributed by atoms with Gasteiger partial charge in [-0.1, -0.05) is 48.5 Å². The zero-order valence-corrected chi connectivity index (χ0v) is 19.2. The fraction of sp³-hybridized carbons (Fsp3) is 0.423. The van der Waals surface area contributed by atoms with Crippen LogP contribution >= 0.6 is 0 Å². The minimum absolute atomic E-state index is 0.0284. The van der Waals surface area contributed by atoms with E-state index in [1.165, 1.54) is 7.11 Å². The average molecular weight is 467 g/mol. The van der Waals surface area contributed by atoms with E-state index in [4.69, 9.17) is 14.6 Å². The van der Waals surface area contributed by atoms with Crippen LogP contribution in [0.4, 0.5) is 4.79 Å². The maximum Gasteiger partial charge on any atom is 0.407 e. The van der Waals surface area contributed by atoms with Gasteiger partial charge in [0, 0.05) is 19.6 Å². The molecule has 0 spiro atoms. The Bertz CT molecular complexity index is 1010. The number of carboxylic acid groups (broad SMARTS) is 1. The Morgan fingerprint density at radius 2 is 1.59 bits per heavy atom. The van der Waals surface area contributed by atoms with Gasteiger partial charge in [-0.25, -0.2) is 4.79 Å². The molecule has 2 unspecified atom stereocenters. The molecule has 0 radical (unpaired) electrons. The second-order valence-electron chi connectivity index (χ2n) is 8.87. The van der Waals surface area contributed by atoms with Gasteiger partial charge >= 0.3 is 12.1 Å². The number of methoxy groups -OCH3 is 1. The molecular formula is C26H30N2O6. The maximum absolute atomic E-state index is 12.5. The molecule has 2 aliphatic carbocycles. The van der Waals surface area contributed by atoms with Crippen molar-refractivity contribution in [3.63, 3.8) is 0 Å². The largest absolute Gasteiger partial charge is 0.481 e. The predicted molar refractivity (Wildman–Crippen MR) is 125 cm³/mol. The number of hydrogen-bond acceptors (Lipinski definition) is 5. The molecule has 0 saturated heterocycles. The van der Waals surface area contributed by atoms with E-state index in [9.17, 15) is 14.4 Å².